The Morgan fingerprint density at radius 2 is 1.54 bits per heavy atom. The Kier molecular flexibility index (Phi) is 7.54. The Morgan fingerprint density at radius 3 is 2.08 bits per heavy atom. The van der Waals surface area contributed by atoms with E-state index >= 15 is 0 Å². The summed E-state index contributed by atoms with van der Waals surface area (Å²) < 4.78 is 26.8. The van der Waals surface area contributed by atoms with Crippen molar-refractivity contribution < 1.29 is 23.1 Å². The average molecular weight is 377 g/mol. The van der Waals surface area contributed by atoms with E-state index < -0.39 is 19.6 Å². The van der Waals surface area contributed by atoms with Crippen molar-refractivity contribution in [3.8, 4) is 11.1 Å². The highest BCUT2D eigenvalue weighted by Gasteiger charge is 2.26. The van der Waals surface area contributed by atoms with Crippen molar-refractivity contribution in [1.82, 2.24) is 5.32 Å². The van der Waals surface area contributed by atoms with Crippen molar-refractivity contribution in [2.45, 2.75) is 12.5 Å². The van der Waals surface area contributed by atoms with Gasteiger partial charge in [-0.3, -0.25) is 14.7 Å². The van der Waals surface area contributed by atoms with Crippen LogP contribution in [0.4, 0.5) is 0 Å². The lowest BCUT2D eigenvalue weighted by atomic mass is 10.0. The molecule has 0 aromatic heterocycles. The van der Waals surface area contributed by atoms with Gasteiger partial charge in [-0.25, -0.2) is 0 Å². The third-order valence-electron chi connectivity index (χ3n) is 4.07. The van der Waals surface area contributed by atoms with Crippen LogP contribution in [0.25, 0.3) is 11.1 Å². The van der Waals surface area contributed by atoms with Crippen LogP contribution in [-0.4, -0.2) is 39.6 Å². The van der Waals surface area contributed by atoms with E-state index in [1.54, 1.807) is 0 Å². The molecule has 1 atom stereocenters. The molecule has 0 aliphatic rings. The predicted molar refractivity (Wildman–Crippen MR) is 101 cm³/mol. The first-order valence-corrected chi connectivity index (χ1v) is 9.90. The van der Waals surface area contributed by atoms with Gasteiger partial charge in [0.05, 0.1) is 13.4 Å². The fraction of sp³-hybridized carbons (Fsp3) is 0.316. The molecule has 2 aromatic rings. The summed E-state index contributed by atoms with van der Waals surface area (Å²) in [5, 5.41) is 2.92. The first kappa shape index (κ1) is 20.3. The van der Waals surface area contributed by atoms with Crippen molar-refractivity contribution in [3.63, 3.8) is 0 Å². The summed E-state index contributed by atoms with van der Waals surface area (Å²) in [5.74, 6) is -0.434. The Morgan fingerprint density at radius 1 is 0.962 bits per heavy atom. The molecule has 0 aliphatic heterocycles. The van der Waals surface area contributed by atoms with E-state index in [4.69, 9.17) is 13.8 Å². The zero-order valence-electron chi connectivity index (χ0n) is 15.2. The minimum Gasteiger partial charge on any atom is -0.468 e. The van der Waals surface area contributed by atoms with Crippen molar-refractivity contribution in [3.05, 3.63) is 60.2 Å². The number of nitrogens with one attached hydrogen (secondary N) is 1. The summed E-state index contributed by atoms with van der Waals surface area (Å²) in [4.78, 5) is 12.0. The number of hydrogen-bond acceptors (Lipinski definition) is 6. The summed E-state index contributed by atoms with van der Waals surface area (Å²) >= 11 is 0. The van der Waals surface area contributed by atoms with E-state index in [1.165, 1.54) is 21.3 Å². The maximum Gasteiger partial charge on any atom is 0.343 e. The number of benzene rings is 2. The van der Waals surface area contributed by atoms with Crippen LogP contribution in [0.5, 0.6) is 0 Å². The summed E-state index contributed by atoms with van der Waals surface area (Å²) in [5.41, 5.74) is 3.18. The number of carbonyl (C=O) groups excluding carboxylic acids is 1. The number of ether oxygens (including phenoxy) is 1. The second kappa shape index (κ2) is 9.64. The lowest BCUT2D eigenvalue weighted by Gasteiger charge is -2.20. The molecule has 0 radical (unpaired) electrons. The first-order chi connectivity index (χ1) is 12.5. The summed E-state index contributed by atoms with van der Waals surface area (Å²) in [6.45, 7) is 0. The van der Waals surface area contributed by atoms with Crippen LogP contribution < -0.4 is 5.32 Å². The average Bonchev–Trinajstić information content (AvgIpc) is 2.71. The number of esters is 1. The highest BCUT2D eigenvalue weighted by atomic mass is 31.2. The quantitative estimate of drug-likeness (QED) is 0.533. The van der Waals surface area contributed by atoms with Crippen LogP contribution in [0, 0.1) is 0 Å². The summed E-state index contributed by atoms with van der Waals surface area (Å²) in [7, 11) is 0.678. The SMILES string of the molecule is COC(=O)C(Cc1ccc(-c2ccccc2)cc1)NCP(=O)(OC)OC. The van der Waals surface area contributed by atoms with Crippen molar-refractivity contribution in [2.24, 2.45) is 0 Å². The highest BCUT2D eigenvalue weighted by molar-refractivity contribution is 7.53. The molecule has 2 aromatic carbocycles. The number of carbonyl (C=O) groups is 1. The van der Waals surface area contributed by atoms with Gasteiger partial charge in [0.1, 0.15) is 6.04 Å². The molecule has 2 rings (SSSR count). The lowest BCUT2D eigenvalue weighted by Crippen LogP contribution is -2.40. The van der Waals surface area contributed by atoms with Gasteiger partial charge >= 0.3 is 13.6 Å². The van der Waals surface area contributed by atoms with Gasteiger partial charge in [-0.1, -0.05) is 54.6 Å². The smallest absolute Gasteiger partial charge is 0.343 e. The van der Waals surface area contributed by atoms with Gasteiger partial charge in [0, 0.05) is 14.2 Å². The van der Waals surface area contributed by atoms with E-state index in [9.17, 15) is 9.36 Å². The van der Waals surface area contributed by atoms with Crippen LogP contribution >= 0.6 is 7.60 Å². The Bertz CT molecular complexity index is 740. The largest absolute Gasteiger partial charge is 0.468 e. The minimum absolute atomic E-state index is 0.0815. The van der Waals surface area contributed by atoms with Crippen molar-refractivity contribution in [2.75, 3.05) is 27.6 Å². The zero-order valence-corrected chi connectivity index (χ0v) is 16.1. The maximum absolute atomic E-state index is 12.2. The van der Waals surface area contributed by atoms with Crippen LogP contribution in [0.3, 0.4) is 0 Å². The van der Waals surface area contributed by atoms with E-state index in [0.29, 0.717) is 6.42 Å². The maximum atomic E-state index is 12.2. The molecule has 1 N–H and O–H groups in total. The van der Waals surface area contributed by atoms with Gasteiger partial charge < -0.3 is 13.8 Å². The van der Waals surface area contributed by atoms with Gasteiger partial charge in [-0.15, -0.1) is 0 Å². The topological polar surface area (TPSA) is 73.9 Å². The monoisotopic (exact) mass is 377 g/mol. The van der Waals surface area contributed by atoms with Gasteiger partial charge in [0.25, 0.3) is 0 Å². The van der Waals surface area contributed by atoms with E-state index in [1.807, 2.05) is 54.6 Å². The van der Waals surface area contributed by atoms with Gasteiger partial charge in [0.2, 0.25) is 0 Å². The molecule has 0 aliphatic carbocycles. The molecule has 1 unspecified atom stereocenters. The Hall–Kier alpha value is -1.98. The van der Waals surface area contributed by atoms with Gasteiger partial charge in [-0.2, -0.15) is 0 Å². The second-order valence-electron chi connectivity index (χ2n) is 5.68. The molecule has 140 valence electrons. The molecule has 0 fully saturated rings. The molecule has 0 amide bonds. The third-order valence-corrected chi connectivity index (χ3v) is 5.76. The zero-order chi connectivity index (χ0) is 19.0. The predicted octanol–water partition coefficient (Wildman–Crippen LogP) is 3.47. The van der Waals surface area contributed by atoms with Crippen LogP contribution in [-0.2, 0) is 29.6 Å². The molecular formula is C19H24NO5P. The van der Waals surface area contributed by atoms with Gasteiger partial charge in [0.15, 0.2) is 0 Å². The van der Waals surface area contributed by atoms with Crippen LogP contribution in [0.15, 0.2) is 54.6 Å². The lowest BCUT2D eigenvalue weighted by molar-refractivity contribution is -0.143. The van der Waals surface area contributed by atoms with Crippen molar-refractivity contribution in [1.29, 1.82) is 0 Å². The highest BCUT2D eigenvalue weighted by Crippen LogP contribution is 2.44. The summed E-state index contributed by atoms with van der Waals surface area (Å²) in [6, 6.07) is 17.3. The minimum atomic E-state index is -3.26. The second-order valence-corrected chi connectivity index (χ2v) is 7.95. The van der Waals surface area contributed by atoms with E-state index in [2.05, 4.69) is 5.32 Å². The molecule has 6 nitrogen and oxygen atoms in total. The standard InChI is InChI=1S/C19H24NO5P/c1-23-19(21)18(20-14-26(22,24-2)25-3)13-15-9-11-17(12-10-15)16-7-5-4-6-8-16/h4-12,18,20H,13-14H2,1-3H3. The fourth-order valence-corrected chi connectivity index (χ4v) is 3.36. The molecule has 0 bridgehead atoms. The Balaban J connectivity index is 2.08. The molecule has 26 heavy (non-hydrogen) atoms. The van der Waals surface area contributed by atoms with Crippen LogP contribution in [0.1, 0.15) is 5.56 Å². The molecule has 0 saturated heterocycles. The van der Waals surface area contributed by atoms with Crippen LogP contribution in [0.2, 0.25) is 0 Å². The number of rotatable bonds is 9. The summed E-state index contributed by atoms with van der Waals surface area (Å²) in [6.07, 6.45) is 0.317. The molecule has 0 spiro atoms. The van der Waals surface area contributed by atoms with E-state index in [0.717, 1.165) is 16.7 Å². The van der Waals surface area contributed by atoms with Crippen molar-refractivity contribution >= 4 is 13.6 Å². The number of methoxy groups -OCH3 is 1. The third kappa shape index (κ3) is 5.51. The van der Waals surface area contributed by atoms with Gasteiger partial charge in [-0.05, 0) is 23.1 Å². The Labute approximate surface area is 154 Å². The first-order valence-electron chi connectivity index (χ1n) is 8.17. The molecule has 7 heteroatoms. The van der Waals surface area contributed by atoms with E-state index in [-0.39, 0.29) is 6.29 Å². The molecular weight excluding hydrogens is 353 g/mol. The molecule has 0 saturated carbocycles. The normalized spacial score (nSPS) is 12.6. The number of hydrogen-bond donors (Lipinski definition) is 1. The molecule has 0 heterocycles. The fourth-order valence-electron chi connectivity index (χ4n) is 2.51.